The average molecular weight is 1900 g/mol. The van der Waals surface area contributed by atoms with Crippen molar-refractivity contribution in [1.82, 2.24) is 124 Å². The van der Waals surface area contributed by atoms with E-state index in [1.54, 1.807) is 83.9 Å². The lowest BCUT2D eigenvalue weighted by atomic mass is 9.98. The Kier molecular flexibility index (Phi) is 23.8. The number of aromatic nitrogens is 20. The molecule has 30 nitrogen and oxygen atoms in total. The number of fused-ring (bicyclic) bond motifs is 25. The van der Waals surface area contributed by atoms with Crippen molar-refractivity contribution in [3.05, 3.63) is 300 Å². The van der Waals surface area contributed by atoms with Crippen molar-refractivity contribution in [3.8, 4) is 0 Å². The first kappa shape index (κ1) is 85.6. The van der Waals surface area contributed by atoms with Crippen molar-refractivity contribution < 1.29 is 28.8 Å². The highest BCUT2D eigenvalue weighted by Gasteiger charge is 2.38. The second-order valence-electron chi connectivity index (χ2n) is 37.7. The molecule has 15 aromatic rings. The molecule has 140 heavy (non-hydrogen) atoms. The van der Waals surface area contributed by atoms with Gasteiger partial charge in [-0.1, -0.05) is 32.9 Å². The summed E-state index contributed by atoms with van der Waals surface area (Å²) >= 11 is 0. The minimum atomic E-state index is -0.959. The molecule has 5 fully saturated rings. The molecular weight excluding hydrogens is 1780 g/mol. The fourth-order valence-electron chi connectivity index (χ4n) is 21.4. The summed E-state index contributed by atoms with van der Waals surface area (Å²) in [6.07, 6.45) is 39.5. The van der Waals surface area contributed by atoms with Gasteiger partial charge in [-0.25, -0.2) is 69.4 Å². The summed E-state index contributed by atoms with van der Waals surface area (Å²) in [5.41, 5.74) is 19.1. The Morgan fingerprint density at radius 2 is 0.450 bits per heavy atom. The normalized spacial score (nSPS) is 25.4. The van der Waals surface area contributed by atoms with Crippen LogP contribution in [0.2, 0.25) is 0 Å². The number of nitrogens with zero attached hydrogens (tertiary/aromatic N) is 25. The summed E-state index contributed by atoms with van der Waals surface area (Å²) in [5.74, 6) is 2.50. The first-order valence-electron chi connectivity index (χ1n) is 50.7. The molecule has 2 unspecified atom stereocenters. The van der Waals surface area contributed by atoms with E-state index in [1.807, 2.05) is 95.9 Å². The van der Waals surface area contributed by atoms with Crippen LogP contribution in [-0.2, 0) is 32.1 Å². The van der Waals surface area contributed by atoms with E-state index < -0.39 is 30.1 Å². The SMILES string of the molecule is [2H]C1(C)CCc2ncc(F)cc2C2CCCN2c2ccn3ncc(c3n2)C(=C)N1.[2H][C@@]1(C)CCc2ncc(F)cc2[C@@H]2CCCN2c2ccn3ncc(c3n2)C(=C)N1.[2H][C@@]1(C)CCc2ncc(F)cc2[C@H]2CCCN2c2ccn3ncc(c3n2)C(=C)N1.[2H][C@]1(C)CCc2ncc(F)cc2[C@@H]2CCCN2c2ccn3ncc(c3n2)C(=C)N1.[2H][C@]1(C)CCc2ncc(F)cc2[C@H]2CCCN2c2ccn3ncc(c3n2)C(=C)N1. The third kappa shape index (κ3) is 18.5. The van der Waals surface area contributed by atoms with Gasteiger partial charge < -0.3 is 51.1 Å². The third-order valence-electron chi connectivity index (χ3n) is 28.3. The molecule has 35 heteroatoms. The Hall–Kier alpha value is -14.8. The summed E-state index contributed by atoms with van der Waals surface area (Å²) in [7, 11) is 0. The number of aryl methyl sites for hydroxylation is 5. The first-order valence-corrected chi connectivity index (χ1v) is 48.2. The predicted octanol–water partition coefficient (Wildman–Crippen LogP) is 17.5. The molecule has 10 aliphatic heterocycles. The van der Waals surface area contributed by atoms with E-state index >= 15 is 0 Å². The Morgan fingerprint density at radius 1 is 0.271 bits per heavy atom. The van der Waals surface area contributed by atoms with Gasteiger partial charge in [0.05, 0.1) is 127 Å². The van der Waals surface area contributed by atoms with E-state index in [0.717, 1.165) is 210 Å². The van der Waals surface area contributed by atoms with Crippen molar-refractivity contribution in [2.75, 3.05) is 57.2 Å². The molecule has 5 saturated heterocycles. The summed E-state index contributed by atoms with van der Waals surface area (Å²) in [6.45, 7) is 34.0. The number of anilines is 5. The molecule has 0 aromatic carbocycles. The lowest BCUT2D eigenvalue weighted by molar-refractivity contribution is 0.574. The molecule has 10 aliphatic rings. The van der Waals surface area contributed by atoms with E-state index in [9.17, 15) is 22.0 Å². The number of rotatable bonds is 0. The van der Waals surface area contributed by atoms with Crippen LogP contribution in [-0.4, -0.2) is 161 Å². The summed E-state index contributed by atoms with van der Waals surface area (Å²) in [5, 5.41) is 37.9. The van der Waals surface area contributed by atoms with Gasteiger partial charge in [0, 0.05) is 151 Å². The smallest absolute Gasteiger partial charge is 0.166 e. The van der Waals surface area contributed by atoms with Crippen LogP contribution >= 0.6 is 0 Å². The number of hydrogen-bond acceptors (Lipinski definition) is 25. The zero-order chi connectivity index (χ0) is 101. The highest BCUT2D eigenvalue weighted by molar-refractivity contribution is 5.79. The van der Waals surface area contributed by atoms with E-state index in [1.165, 1.54) is 31.0 Å². The van der Waals surface area contributed by atoms with Crippen molar-refractivity contribution >= 4 is 85.8 Å². The largest absolute Gasteiger partial charge is 0.382 e. The molecule has 15 aromatic heterocycles. The van der Waals surface area contributed by atoms with E-state index in [-0.39, 0.29) is 59.3 Å². The number of nitrogens with one attached hydrogen (secondary N) is 5. The molecular formula is C105H115F5N30. The van der Waals surface area contributed by atoms with Gasteiger partial charge in [0.2, 0.25) is 0 Å². The minimum absolute atomic E-state index is 0.0171. The van der Waals surface area contributed by atoms with Crippen molar-refractivity contribution in [1.29, 1.82) is 0 Å². The number of pyridine rings is 5. The maximum atomic E-state index is 14.1. The standard InChI is InChI=1S/5C21H23FN6/c5*1-13-5-6-18-16(10-15(22)11-23-18)19-4-3-8-27(19)20-7-9-28-21(26-20)17(12-24-28)14(2)25-13/h5*7,9-13,19,25H,2-6,8H2,1H3/t2*13-,19+;2*13-,19-;/m1010./s1/i5*13D. The minimum Gasteiger partial charge on any atom is -0.382 e. The van der Waals surface area contributed by atoms with Crippen molar-refractivity contribution in [2.24, 2.45) is 0 Å². The van der Waals surface area contributed by atoms with Crippen LogP contribution < -0.4 is 51.1 Å². The van der Waals surface area contributed by atoms with Crippen LogP contribution in [0, 0.1) is 29.1 Å². The molecule has 25 rings (SSSR count). The summed E-state index contributed by atoms with van der Waals surface area (Å²) in [6, 6.07) is 13.0. The van der Waals surface area contributed by atoms with Gasteiger partial charge in [-0.3, -0.25) is 24.9 Å². The maximum Gasteiger partial charge on any atom is 0.166 e. The lowest BCUT2D eigenvalue weighted by Gasteiger charge is -2.27. The summed E-state index contributed by atoms with van der Waals surface area (Å²) in [4.78, 5) is 57.5. The van der Waals surface area contributed by atoms with Crippen LogP contribution in [0.3, 0.4) is 0 Å². The predicted molar refractivity (Wildman–Crippen MR) is 532 cm³/mol. The highest BCUT2D eigenvalue weighted by atomic mass is 19.1. The Labute approximate surface area is 815 Å². The average Bonchev–Trinajstić information content (AvgIpc) is 1.65. The van der Waals surface area contributed by atoms with E-state index in [4.69, 9.17) is 31.8 Å². The van der Waals surface area contributed by atoms with E-state index in [0.29, 0.717) is 121 Å². The number of hydrogen-bond donors (Lipinski definition) is 5. The Bertz CT molecular complexity index is 6560. The monoisotopic (exact) mass is 1900 g/mol. The zero-order valence-corrected chi connectivity index (χ0v) is 79.1. The van der Waals surface area contributed by atoms with Gasteiger partial charge >= 0.3 is 0 Å². The quantitative estimate of drug-likeness (QED) is 0.0882. The van der Waals surface area contributed by atoms with Gasteiger partial charge in [-0.15, -0.1) is 0 Å². The van der Waals surface area contributed by atoms with Crippen LogP contribution in [0.15, 0.2) is 187 Å². The second kappa shape index (κ2) is 38.9. The molecule has 720 valence electrons. The van der Waals surface area contributed by atoms with E-state index in [2.05, 4.69) is 134 Å². The molecule has 5 N–H and O–H groups in total. The third-order valence-corrected chi connectivity index (χ3v) is 28.3. The van der Waals surface area contributed by atoms with Gasteiger partial charge in [-0.05, 0) is 252 Å². The lowest BCUT2D eigenvalue weighted by Crippen LogP contribution is -2.26. The molecule has 0 aliphatic carbocycles. The van der Waals surface area contributed by atoms with Crippen molar-refractivity contribution in [2.45, 2.75) is 223 Å². The maximum absolute atomic E-state index is 14.1. The topological polar surface area (TPSA) is 292 Å². The fraction of sp³-hybridized carbons (Fsp3) is 0.381. The van der Waals surface area contributed by atoms with Gasteiger partial charge in [0.1, 0.15) is 58.2 Å². The molecule has 10 atom stereocenters. The van der Waals surface area contributed by atoms with Crippen LogP contribution in [0.5, 0.6) is 0 Å². The van der Waals surface area contributed by atoms with Crippen LogP contribution in [0.4, 0.5) is 51.0 Å². The molecule has 0 spiro atoms. The molecule has 0 radical (unpaired) electrons. The van der Waals surface area contributed by atoms with Gasteiger partial charge in [0.15, 0.2) is 28.2 Å². The number of halogens is 5. The Balaban J connectivity index is 0.000000107. The zero-order valence-electron chi connectivity index (χ0n) is 84.1. The summed E-state index contributed by atoms with van der Waals surface area (Å²) < 4.78 is 123. The first-order chi connectivity index (χ1) is 69.6. The molecule has 0 saturated carbocycles. The highest BCUT2D eigenvalue weighted by Crippen LogP contribution is 2.45. The fourth-order valence-corrected chi connectivity index (χ4v) is 21.4. The molecule has 25 heterocycles. The molecule has 0 amide bonds. The van der Waals surface area contributed by atoms with Gasteiger partial charge in [-0.2, -0.15) is 25.5 Å². The second-order valence-corrected chi connectivity index (χ2v) is 37.7. The van der Waals surface area contributed by atoms with Crippen molar-refractivity contribution in [3.63, 3.8) is 0 Å². The van der Waals surface area contributed by atoms with Crippen LogP contribution in [0.25, 0.3) is 56.7 Å². The van der Waals surface area contributed by atoms with Crippen LogP contribution in [0.1, 0.15) is 252 Å². The molecule has 10 bridgehead atoms. The van der Waals surface area contributed by atoms with Gasteiger partial charge in [0.25, 0.3) is 0 Å². The Morgan fingerprint density at radius 3 is 0.629 bits per heavy atom.